The van der Waals surface area contributed by atoms with Gasteiger partial charge in [0.2, 0.25) is 0 Å². The molecule has 2 unspecified atom stereocenters. The Morgan fingerprint density at radius 3 is 1.19 bits per heavy atom. The van der Waals surface area contributed by atoms with Crippen molar-refractivity contribution in [1.82, 2.24) is 19.6 Å². The van der Waals surface area contributed by atoms with Crippen LogP contribution in [0, 0.1) is 0 Å². The predicted molar refractivity (Wildman–Crippen MR) is 138 cm³/mol. The van der Waals surface area contributed by atoms with Gasteiger partial charge in [-0.25, -0.2) is 0 Å². The third-order valence-electron chi connectivity index (χ3n) is 6.98. The Hall–Kier alpha value is -0.200. The molecule has 0 aliphatic carbocycles. The average molecular weight is 443 g/mol. The molecule has 0 heterocycles. The molecule has 2 atom stereocenters. The van der Waals surface area contributed by atoms with E-state index in [1.54, 1.807) is 0 Å². The number of ether oxygens (including phenoxy) is 1. The van der Waals surface area contributed by atoms with Gasteiger partial charge >= 0.3 is 0 Å². The Kier molecular flexibility index (Phi) is 20.3. The predicted octanol–water partition coefficient (Wildman–Crippen LogP) is 4.67. The van der Waals surface area contributed by atoms with Crippen LogP contribution in [-0.4, -0.2) is 111 Å². The lowest BCUT2D eigenvalue weighted by Gasteiger charge is -2.33. The third kappa shape index (κ3) is 14.5. The number of unbranched alkanes of at least 4 members (excludes halogenated alkanes) is 2. The standard InChI is InChI=1S/C26H58N4O/c1-9-15-17-25(27(7)19-21-29(11-3)12-4)23-31-24-26(18-16-10-2)28(8)20-22-30(13-5)14-6/h25-26H,9-24H2,1-8H3. The van der Waals surface area contributed by atoms with Crippen molar-refractivity contribution in [1.29, 1.82) is 0 Å². The molecule has 5 heteroatoms. The molecule has 0 spiro atoms. The molecule has 0 aliphatic rings. The molecule has 188 valence electrons. The molecule has 0 aromatic carbocycles. The van der Waals surface area contributed by atoms with Gasteiger partial charge in [-0.2, -0.15) is 0 Å². The highest BCUT2D eigenvalue weighted by Gasteiger charge is 2.19. The van der Waals surface area contributed by atoms with Crippen molar-refractivity contribution in [3.8, 4) is 0 Å². The Morgan fingerprint density at radius 1 is 0.548 bits per heavy atom. The zero-order valence-corrected chi connectivity index (χ0v) is 22.7. The van der Waals surface area contributed by atoms with Gasteiger partial charge in [0, 0.05) is 38.3 Å². The summed E-state index contributed by atoms with van der Waals surface area (Å²) in [4.78, 5) is 10.1. The second kappa shape index (κ2) is 20.4. The maximum absolute atomic E-state index is 6.40. The smallest absolute Gasteiger partial charge is 0.0622 e. The molecular formula is C26H58N4O. The molecule has 0 radical (unpaired) electrons. The highest BCUT2D eigenvalue weighted by molar-refractivity contribution is 4.73. The Labute approximate surface area is 196 Å². The first-order valence-electron chi connectivity index (χ1n) is 13.4. The van der Waals surface area contributed by atoms with Crippen molar-refractivity contribution in [2.45, 2.75) is 92.2 Å². The lowest BCUT2D eigenvalue weighted by atomic mass is 10.1. The van der Waals surface area contributed by atoms with Gasteiger partial charge in [0.1, 0.15) is 0 Å². The molecule has 0 fully saturated rings. The van der Waals surface area contributed by atoms with Crippen LogP contribution in [0.2, 0.25) is 0 Å². The van der Waals surface area contributed by atoms with Crippen LogP contribution in [-0.2, 0) is 4.74 Å². The quantitative estimate of drug-likeness (QED) is 0.242. The van der Waals surface area contributed by atoms with E-state index in [-0.39, 0.29) is 0 Å². The van der Waals surface area contributed by atoms with Crippen LogP contribution < -0.4 is 0 Å². The van der Waals surface area contributed by atoms with Gasteiger partial charge in [0.05, 0.1) is 13.2 Å². The average Bonchev–Trinajstić information content (AvgIpc) is 2.79. The van der Waals surface area contributed by atoms with Gasteiger partial charge in [-0.05, 0) is 53.1 Å². The van der Waals surface area contributed by atoms with Crippen LogP contribution in [0.1, 0.15) is 80.1 Å². The summed E-state index contributed by atoms with van der Waals surface area (Å²) in [5.74, 6) is 0. The van der Waals surface area contributed by atoms with E-state index in [9.17, 15) is 0 Å². The Balaban J connectivity index is 4.70. The summed E-state index contributed by atoms with van der Waals surface area (Å²) in [7, 11) is 4.58. The Bertz CT molecular complexity index is 340. The first kappa shape index (κ1) is 30.8. The number of hydrogen-bond acceptors (Lipinski definition) is 5. The second-order valence-corrected chi connectivity index (χ2v) is 9.14. The van der Waals surface area contributed by atoms with Gasteiger partial charge < -0.3 is 14.5 Å². The van der Waals surface area contributed by atoms with E-state index in [0.29, 0.717) is 12.1 Å². The normalized spacial score (nSPS) is 14.3. The largest absolute Gasteiger partial charge is 0.378 e. The summed E-state index contributed by atoms with van der Waals surface area (Å²) in [5, 5.41) is 0. The fourth-order valence-corrected chi connectivity index (χ4v) is 4.12. The van der Waals surface area contributed by atoms with E-state index >= 15 is 0 Å². The van der Waals surface area contributed by atoms with Gasteiger partial charge in [0.25, 0.3) is 0 Å². The number of likely N-dealkylation sites (N-methyl/N-ethyl adjacent to an activating group) is 4. The molecule has 0 aromatic rings. The van der Waals surface area contributed by atoms with E-state index in [0.717, 1.165) is 65.6 Å². The van der Waals surface area contributed by atoms with Crippen molar-refractivity contribution in [2.75, 3.05) is 79.7 Å². The summed E-state index contributed by atoms with van der Waals surface area (Å²) >= 11 is 0. The molecule has 0 aromatic heterocycles. The molecule has 0 saturated carbocycles. The zero-order valence-electron chi connectivity index (χ0n) is 22.7. The van der Waals surface area contributed by atoms with E-state index in [4.69, 9.17) is 4.74 Å². The van der Waals surface area contributed by atoms with Crippen molar-refractivity contribution in [2.24, 2.45) is 0 Å². The van der Waals surface area contributed by atoms with Gasteiger partial charge in [0.15, 0.2) is 0 Å². The number of hydrogen-bond donors (Lipinski definition) is 0. The SMILES string of the molecule is CCCCC(COCC(CCCC)N(C)CCN(CC)CC)N(C)CCN(CC)CC. The fraction of sp³-hybridized carbons (Fsp3) is 1.00. The van der Waals surface area contributed by atoms with Crippen LogP contribution >= 0.6 is 0 Å². The highest BCUT2D eigenvalue weighted by Crippen LogP contribution is 2.12. The second-order valence-electron chi connectivity index (χ2n) is 9.14. The topological polar surface area (TPSA) is 22.2 Å². The molecule has 0 saturated heterocycles. The van der Waals surface area contributed by atoms with Crippen molar-refractivity contribution < 1.29 is 4.74 Å². The molecule has 0 aliphatic heterocycles. The minimum atomic E-state index is 0.531. The van der Waals surface area contributed by atoms with Gasteiger partial charge in [-0.15, -0.1) is 0 Å². The molecular weight excluding hydrogens is 384 g/mol. The summed E-state index contributed by atoms with van der Waals surface area (Å²) in [6.07, 6.45) is 7.56. The monoisotopic (exact) mass is 442 g/mol. The summed E-state index contributed by atoms with van der Waals surface area (Å²) in [6.45, 7) is 24.5. The minimum absolute atomic E-state index is 0.531. The van der Waals surface area contributed by atoms with Gasteiger partial charge in [-0.3, -0.25) is 9.80 Å². The fourth-order valence-electron chi connectivity index (χ4n) is 4.12. The summed E-state index contributed by atoms with van der Waals surface area (Å²) in [6, 6.07) is 1.06. The Morgan fingerprint density at radius 2 is 0.903 bits per heavy atom. The lowest BCUT2D eigenvalue weighted by molar-refractivity contribution is 0.0244. The number of nitrogens with zero attached hydrogens (tertiary/aromatic N) is 4. The molecule has 0 N–H and O–H groups in total. The van der Waals surface area contributed by atoms with Gasteiger partial charge in [-0.1, -0.05) is 67.2 Å². The zero-order chi connectivity index (χ0) is 23.5. The van der Waals surface area contributed by atoms with Crippen molar-refractivity contribution >= 4 is 0 Å². The lowest BCUT2D eigenvalue weighted by Crippen LogP contribution is -2.43. The summed E-state index contributed by atoms with van der Waals surface area (Å²) < 4.78 is 6.40. The molecule has 0 amide bonds. The maximum Gasteiger partial charge on any atom is 0.0622 e. The number of rotatable bonds is 22. The van der Waals surface area contributed by atoms with Crippen LogP contribution in [0.4, 0.5) is 0 Å². The van der Waals surface area contributed by atoms with Crippen LogP contribution in [0.15, 0.2) is 0 Å². The van der Waals surface area contributed by atoms with Crippen LogP contribution in [0.25, 0.3) is 0 Å². The summed E-state index contributed by atoms with van der Waals surface area (Å²) in [5.41, 5.74) is 0. The molecule has 5 nitrogen and oxygen atoms in total. The van der Waals surface area contributed by atoms with Crippen LogP contribution in [0.5, 0.6) is 0 Å². The molecule has 0 rings (SSSR count). The van der Waals surface area contributed by atoms with Crippen LogP contribution in [0.3, 0.4) is 0 Å². The third-order valence-corrected chi connectivity index (χ3v) is 6.98. The highest BCUT2D eigenvalue weighted by atomic mass is 16.5. The minimum Gasteiger partial charge on any atom is -0.378 e. The maximum atomic E-state index is 6.40. The van der Waals surface area contributed by atoms with E-state index in [2.05, 4.69) is 75.2 Å². The van der Waals surface area contributed by atoms with E-state index in [1.807, 2.05) is 0 Å². The first-order chi connectivity index (χ1) is 15.0. The van der Waals surface area contributed by atoms with E-state index in [1.165, 1.54) is 38.5 Å². The van der Waals surface area contributed by atoms with Crippen molar-refractivity contribution in [3.05, 3.63) is 0 Å². The van der Waals surface area contributed by atoms with Crippen molar-refractivity contribution in [3.63, 3.8) is 0 Å². The van der Waals surface area contributed by atoms with E-state index < -0.39 is 0 Å². The molecule has 0 bridgehead atoms. The first-order valence-corrected chi connectivity index (χ1v) is 13.4. The molecule has 31 heavy (non-hydrogen) atoms.